The molecule has 23 nitrogen and oxygen atoms in total. The molecule has 23 heteroatoms. The zero-order valence-electron chi connectivity index (χ0n) is 59.7. The van der Waals surface area contributed by atoms with Gasteiger partial charge in [-0.3, -0.25) is 9.59 Å². The number of carbonyl (C=O) groups is 3. The van der Waals surface area contributed by atoms with Gasteiger partial charge in [0.2, 0.25) is 11.8 Å². The maximum absolute atomic E-state index is 13.5. The number of aliphatic carboxylic acids is 1. The molecule has 14 N–H and O–H groups in total. The van der Waals surface area contributed by atoms with E-state index in [1.54, 1.807) is 6.08 Å². The van der Waals surface area contributed by atoms with Crippen molar-refractivity contribution in [2.45, 2.75) is 400 Å². The standard InChI is InChI=1S/C74H136N2O21/c1-4-6-8-10-12-14-16-18-20-22-24-25-26-27-28-29-30-31-33-35-37-39-41-43-45-47-56(81)55(76-61(84)48-46-44-42-40-38-36-34-32-23-21-19-17-15-13-11-9-7-5-2)53-92-71-66(88)65(87)68(60(52-79)94-71)95-72-67(89)70(64(86)59(51-78)93-72)97-74(73(90)91)49-57(82)62(75-54(3)80)69(96-74)63(85)58(83)50-77/h32,34,45,47,55-60,62-72,77-79,81-83,85-89H,4-31,33,35-44,46,48-53H2,1-3H3,(H,75,80)(H,76,84)(H,90,91)/b34-32-,47-45+. The molecule has 0 bridgehead atoms. The third-order valence-electron chi connectivity index (χ3n) is 19.4. The Morgan fingerprint density at radius 1 is 0.536 bits per heavy atom. The lowest BCUT2D eigenvalue weighted by Crippen LogP contribution is -2.70. The zero-order chi connectivity index (χ0) is 71.1. The Kier molecular flexibility index (Phi) is 49.2. The van der Waals surface area contributed by atoms with Crippen molar-refractivity contribution in [1.29, 1.82) is 0 Å². The number of hydrogen-bond acceptors (Lipinski definition) is 20. The minimum atomic E-state index is -3.08. The second-order valence-electron chi connectivity index (χ2n) is 27.9. The number of rotatable bonds is 59. The molecule has 0 aromatic heterocycles. The predicted octanol–water partition coefficient (Wildman–Crippen LogP) is 8.79. The van der Waals surface area contributed by atoms with E-state index in [4.69, 9.17) is 28.4 Å². The normalized spacial score (nSPS) is 27.5. The van der Waals surface area contributed by atoms with Crippen molar-refractivity contribution < 1.29 is 104 Å². The number of hydrogen-bond donors (Lipinski definition) is 14. The first-order valence-corrected chi connectivity index (χ1v) is 38.2. The molecule has 0 aromatic carbocycles. The topological polar surface area (TPSA) is 373 Å². The number of carboxylic acid groups (broad SMARTS) is 1. The Morgan fingerprint density at radius 2 is 0.969 bits per heavy atom. The number of allylic oxidation sites excluding steroid dienone is 3. The Balaban J connectivity index is 1.56. The van der Waals surface area contributed by atoms with E-state index in [1.165, 1.54) is 186 Å². The lowest BCUT2D eigenvalue weighted by molar-refractivity contribution is -0.386. The number of carboxylic acids is 1. The van der Waals surface area contributed by atoms with Crippen LogP contribution in [0, 0.1) is 0 Å². The second kappa shape index (κ2) is 53.9. The molecule has 2 amide bonds. The lowest BCUT2D eigenvalue weighted by Gasteiger charge is -2.50. The van der Waals surface area contributed by atoms with Crippen LogP contribution in [0.3, 0.4) is 0 Å². The van der Waals surface area contributed by atoms with Crippen LogP contribution in [0.1, 0.15) is 290 Å². The molecule has 3 heterocycles. The molecule has 18 atom stereocenters. The van der Waals surface area contributed by atoms with E-state index >= 15 is 0 Å². The third-order valence-corrected chi connectivity index (χ3v) is 19.4. The average Bonchev–Trinajstić information content (AvgIpc) is 0.758. The first-order chi connectivity index (χ1) is 46.9. The maximum atomic E-state index is 13.5. The number of nitrogens with one attached hydrogen (secondary N) is 2. The van der Waals surface area contributed by atoms with Crippen molar-refractivity contribution in [3.05, 3.63) is 24.3 Å². The molecule has 3 rings (SSSR count). The van der Waals surface area contributed by atoms with Gasteiger partial charge in [0, 0.05) is 19.8 Å². The molecule has 3 saturated heterocycles. The molecule has 3 aliphatic rings. The van der Waals surface area contributed by atoms with Crippen LogP contribution in [-0.2, 0) is 42.8 Å². The van der Waals surface area contributed by atoms with Crippen molar-refractivity contribution in [2.75, 3.05) is 26.4 Å². The summed E-state index contributed by atoms with van der Waals surface area (Å²) < 4.78 is 34.9. The minimum absolute atomic E-state index is 0.191. The average molecular weight is 1390 g/mol. The number of ether oxygens (including phenoxy) is 6. The number of carbonyl (C=O) groups excluding carboxylic acids is 2. The number of amides is 2. The molecule has 0 spiro atoms. The third kappa shape index (κ3) is 35.3. The van der Waals surface area contributed by atoms with E-state index in [1.807, 2.05) is 6.08 Å². The molecular formula is C74H136N2O21. The molecule has 568 valence electrons. The van der Waals surface area contributed by atoms with E-state index in [0.29, 0.717) is 12.8 Å². The van der Waals surface area contributed by atoms with E-state index in [9.17, 15) is 75.7 Å². The van der Waals surface area contributed by atoms with Gasteiger partial charge < -0.3 is 100 Å². The van der Waals surface area contributed by atoms with Crippen LogP contribution in [0.4, 0.5) is 0 Å². The summed E-state index contributed by atoms with van der Waals surface area (Å²) in [6.07, 6.45) is 27.9. The van der Waals surface area contributed by atoms with Crippen molar-refractivity contribution in [3.63, 3.8) is 0 Å². The molecule has 97 heavy (non-hydrogen) atoms. The van der Waals surface area contributed by atoms with Crippen LogP contribution in [0.5, 0.6) is 0 Å². The molecule has 3 fully saturated rings. The van der Waals surface area contributed by atoms with Gasteiger partial charge in [-0.25, -0.2) is 4.79 Å². The van der Waals surface area contributed by atoms with Crippen LogP contribution in [0.15, 0.2) is 24.3 Å². The number of unbranched alkanes of at least 4 members (excludes halogenated alkanes) is 37. The Hall–Kier alpha value is -2.79. The lowest BCUT2D eigenvalue weighted by atomic mass is 9.88. The Morgan fingerprint density at radius 3 is 1.40 bits per heavy atom. The fourth-order valence-corrected chi connectivity index (χ4v) is 13.3. The molecule has 0 radical (unpaired) electrons. The Labute approximate surface area is 581 Å². The molecule has 18 unspecified atom stereocenters. The monoisotopic (exact) mass is 1390 g/mol. The summed E-state index contributed by atoms with van der Waals surface area (Å²) >= 11 is 0. The first kappa shape index (κ1) is 88.4. The fraction of sp³-hybridized carbons (Fsp3) is 0.905. The quantitative estimate of drug-likeness (QED) is 0.0200. The van der Waals surface area contributed by atoms with Crippen molar-refractivity contribution in [3.8, 4) is 0 Å². The second-order valence-corrected chi connectivity index (χ2v) is 27.9. The molecular weight excluding hydrogens is 1250 g/mol. The molecule has 0 aromatic rings. The summed E-state index contributed by atoms with van der Waals surface area (Å²) in [4.78, 5) is 38.6. The highest BCUT2D eigenvalue weighted by Gasteiger charge is 2.60. The van der Waals surface area contributed by atoms with Gasteiger partial charge in [0.1, 0.15) is 67.1 Å². The largest absolute Gasteiger partial charge is 0.477 e. The van der Waals surface area contributed by atoms with E-state index in [-0.39, 0.29) is 12.3 Å². The number of aliphatic hydroxyl groups is 11. The van der Waals surface area contributed by atoms with E-state index in [2.05, 4.69) is 36.6 Å². The smallest absolute Gasteiger partial charge is 0.364 e. The van der Waals surface area contributed by atoms with Crippen LogP contribution < -0.4 is 10.6 Å². The fourth-order valence-electron chi connectivity index (χ4n) is 13.3. The van der Waals surface area contributed by atoms with Crippen molar-refractivity contribution in [1.82, 2.24) is 10.6 Å². The highest BCUT2D eigenvalue weighted by molar-refractivity contribution is 5.77. The van der Waals surface area contributed by atoms with Gasteiger partial charge in [0.05, 0.1) is 50.7 Å². The highest BCUT2D eigenvalue weighted by Crippen LogP contribution is 2.39. The Bertz CT molecular complexity index is 2040. The summed E-state index contributed by atoms with van der Waals surface area (Å²) in [6.45, 7) is 2.16. The maximum Gasteiger partial charge on any atom is 0.364 e. The van der Waals surface area contributed by atoms with Gasteiger partial charge in [-0.15, -0.1) is 0 Å². The molecule has 3 aliphatic heterocycles. The van der Waals surface area contributed by atoms with E-state index < -0.39 is 155 Å². The van der Waals surface area contributed by atoms with Crippen LogP contribution in [-0.4, -0.2) is 215 Å². The van der Waals surface area contributed by atoms with Crippen LogP contribution in [0.2, 0.25) is 0 Å². The summed E-state index contributed by atoms with van der Waals surface area (Å²) in [5, 5.41) is 136. The molecule has 0 aliphatic carbocycles. The summed E-state index contributed by atoms with van der Waals surface area (Å²) in [5.74, 6) is -6.15. The van der Waals surface area contributed by atoms with Gasteiger partial charge in [0.15, 0.2) is 12.6 Å². The number of aliphatic hydroxyl groups excluding tert-OH is 11. The van der Waals surface area contributed by atoms with Crippen LogP contribution >= 0.6 is 0 Å². The van der Waals surface area contributed by atoms with Gasteiger partial charge >= 0.3 is 5.97 Å². The first-order valence-electron chi connectivity index (χ1n) is 38.2. The SMILES string of the molecule is CCCCCCCCCCC/C=C\CCCCCCCC(=O)NC(COC1OC(CO)C(OC2OC(CO)C(O)C(OC3(C(=O)O)CC(O)C(NC(C)=O)C(C(O)C(O)CO)O3)C2O)C(O)C1O)C(O)/C=C/CCCCCCCCCCCCCCCCCCCCCCCCC. The minimum Gasteiger partial charge on any atom is -0.477 e. The molecule has 0 saturated carbocycles. The van der Waals surface area contributed by atoms with E-state index in [0.717, 1.165) is 64.7 Å². The summed E-state index contributed by atoms with van der Waals surface area (Å²) in [6, 6.07) is -2.62. The van der Waals surface area contributed by atoms with Gasteiger partial charge in [-0.2, -0.15) is 0 Å². The van der Waals surface area contributed by atoms with Gasteiger partial charge in [-0.05, 0) is 44.9 Å². The summed E-state index contributed by atoms with van der Waals surface area (Å²) in [5.41, 5.74) is 0. The highest BCUT2D eigenvalue weighted by atomic mass is 16.8. The van der Waals surface area contributed by atoms with Crippen LogP contribution in [0.25, 0.3) is 0 Å². The van der Waals surface area contributed by atoms with Crippen molar-refractivity contribution in [2.24, 2.45) is 0 Å². The predicted molar refractivity (Wildman–Crippen MR) is 371 cm³/mol. The van der Waals surface area contributed by atoms with Crippen molar-refractivity contribution >= 4 is 17.8 Å². The zero-order valence-corrected chi connectivity index (χ0v) is 59.7. The van der Waals surface area contributed by atoms with Gasteiger partial charge in [0.25, 0.3) is 5.79 Å². The summed E-state index contributed by atoms with van der Waals surface area (Å²) in [7, 11) is 0. The van der Waals surface area contributed by atoms with Gasteiger partial charge in [-0.1, -0.05) is 250 Å².